The zero-order chi connectivity index (χ0) is 25.2. The van der Waals surface area contributed by atoms with Gasteiger partial charge in [0.1, 0.15) is 22.7 Å². The third kappa shape index (κ3) is 5.03. The van der Waals surface area contributed by atoms with Crippen molar-refractivity contribution in [3.8, 4) is 16.9 Å². The summed E-state index contributed by atoms with van der Waals surface area (Å²) in [7, 11) is 1.32. The molecule has 0 bridgehead atoms. The summed E-state index contributed by atoms with van der Waals surface area (Å²) >= 11 is 0. The van der Waals surface area contributed by atoms with Crippen LogP contribution in [0.15, 0.2) is 71.1 Å². The molecule has 0 saturated carbocycles. The maximum absolute atomic E-state index is 14.3. The predicted molar refractivity (Wildman–Crippen MR) is 125 cm³/mol. The summed E-state index contributed by atoms with van der Waals surface area (Å²) in [6.45, 7) is 0.214. The Morgan fingerprint density at radius 3 is 2.43 bits per heavy atom. The Morgan fingerprint density at radius 1 is 1.03 bits per heavy atom. The van der Waals surface area contributed by atoms with Crippen molar-refractivity contribution in [1.29, 1.82) is 0 Å². The van der Waals surface area contributed by atoms with Gasteiger partial charge in [0.25, 0.3) is 6.43 Å². The van der Waals surface area contributed by atoms with Gasteiger partial charge >= 0.3 is 0 Å². The summed E-state index contributed by atoms with van der Waals surface area (Å²) in [5, 5.41) is 11.0. The van der Waals surface area contributed by atoms with Crippen LogP contribution in [0.5, 0.6) is 5.75 Å². The summed E-state index contributed by atoms with van der Waals surface area (Å²) < 4.78 is 67.5. The van der Waals surface area contributed by atoms with Crippen LogP contribution in [-0.2, 0) is 11.8 Å². The van der Waals surface area contributed by atoms with Gasteiger partial charge in [-0.3, -0.25) is 4.39 Å². The first-order valence-electron chi connectivity index (χ1n) is 11.0. The first-order chi connectivity index (χ1) is 16.7. The lowest BCUT2D eigenvalue weighted by atomic mass is 9.73. The van der Waals surface area contributed by atoms with Gasteiger partial charge < -0.3 is 14.3 Å². The zero-order valence-corrected chi connectivity index (χ0v) is 19.3. The van der Waals surface area contributed by atoms with Crippen LogP contribution in [0.1, 0.15) is 24.8 Å². The Labute approximate surface area is 200 Å². The van der Waals surface area contributed by atoms with Crippen LogP contribution in [0.2, 0.25) is 0 Å². The molecule has 1 N–H and O–H groups in total. The average molecular weight is 487 g/mol. The van der Waals surface area contributed by atoms with Crippen molar-refractivity contribution in [3.63, 3.8) is 0 Å². The highest BCUT2D eigenvalue weighted by molar-refractivity contribution is 5.80. The Hall–Kier alpha value is -3.39. The highest BCUT2D eigenvalue weighted by Gasteiger charge is 2.47. The van der Waals surface area contributed by atoms with Crippen LogP contribution < -0.4 is 4.74 Å². The van der Waals surface area contributed by atoms with E-state index in [0.29, 0.717) is 11.1 Å². The molecule has 2 atom stereocenters. The molecule has 0 spiro atoms. The summed E-state index contributed by atoms with van der Waals surface area (Å²) in [5.74, 6) is -0.645. The van der Waals surface area contributed by atoms with Crippen LogP contribution in [0, 0.1) is 5.82 Å². The Kier molecular flexibility index (Phi) is 6.85. The number of rotatable bonds is 9. The number of aliphatic hydroxyl groups is 1. The first kappa shape index (κ1) is 24.7. The quantitative estimate of drug-likeness (QED) is 0.274. The second kappa shape index (κ2) is 9.70. The van der Waals surface area contributed by atoms with Gasteiger partial charge in [-0.15, -0.1) is 0 Å². The summed E-state index contributed by atoms with van der Waals surface area (Å²) in [5.41, 5.74) is -1.68. The summed E-state index contributed by atoms with van der Waals surface area (Å²) in [4.78, 5) is 4.30. The summed E-state index contributed by atoms with van der Waals surface area (Å²) in [6.07, 6.45) is -4.63. The van der Waals surface area contributed by atoms with Gasteiger partial charge in [0.05, 0.1) is 20.2 Å². The summed E-state index contributed by atoms with van der Waals surface area (Å²) in [6, 6.07) is 18.3. The number of halogens is 4. The fraction of sp³-hybridized carbons (Fsp3) is 0.296. The minimum absolute atomic E-state index is 0.0478. The molecule has 1 heterocycles. The van der Waals surface area contributed by atoms with Crippen molar-refractivity contribution in [2.75, 3.05) is 13.8 Å². The van der Waals surface area contributed by atoms with E-state index in [9.17, 15) is 22.7 Å². The lowest BCUT2D eigenvalue weighted by Crippen LogP contribution is -2.46. The molecule has 0 saturated heterocycles. The van der Waals surface area contributed by atoms with Gasteiger partial charge in [0, 0.05) is 11.0 Å². The van der Waals surface area contributed by atoms with Crippen LogP contribution in [0.25, 0.3) is 22.2 Å². The maximum atomic E-state index is 14.3. The maximum Gasteiger partial charge on any atom is 0.267 e. The van der Waals surface area contributed by atoms with E-state index < -0.39 is 42.8 Å². The van der Waals surface area contributed by atoms with Crippen molar-refractivity contribution in [3.05, 3.63) is 84.0 Å². The molecule has 0 aliphatic heterocycles. The van der Waals surface area contributed by atoms with Crippen molar-refractivity contribution >= 4 is 11.1 Å². The van der Waals surface area contributed by atoms with Crippen molar-refractivity contribution in [2.45, 2.75) is 37.2 Å². The van der Waals surface area contributed by atoms with E-state index in [1.807, 2.05) is 36.4 Å². The van der Waals surface area contributed by atoms with Gasteiger partial charge in [0.2, 0.25) is 0 Å². The number of fused-ring (bicyclic) bond motifs is 1. The number of hydrogen-bond donors (Lipinski definition) is 1. The van der Waals surface area contributed by atoms with E-state index >= 15 is 0 Å². The first-order valence-corrected chi connectivity index (χ1v) is 11.0. The molecule has 35 heavy (non-hydrogen) atoms. The number of methoxy groups -OCH3 is 1. The Balaban J connectivity index is 1.67. The smallest absolute Gasteiger partial charge is 0.267 e. The predicted octanol–water partition coefficient (Wildman–Crippen LogP) is 6.50. The Bertz CT molecular complexity index is 1310. The van der Waals surface area contributed by atoms with Crippen molar-refractivity contribution in [1.82, 2.24) is 4.98 Å². The lowest BCUT2D eigenvalue weighted by Gasteiger charge is -2.37. The van der Waals surface area contributed by atoms with Gasteiger partial charge in [0.15, 0.2) is 11.5 Å². The number of hydrogen-bond acceptors (Lipinski definition) is 4. The third-order valence-electron chi connectivity index (χ3n) is 6.21. The number of nitrogens with zero attached hydrogens (tertiary/aromatic N) is 1. The van der Waals surface area contributed by atoms with E-state index in [0.717, 1.165) is 23.3 Å². The van der Waals surface area contributed by atoms with Crippen LogP contribution in [0.4, 0.5) is 17.6 Å². The molecule has 0 fully saturated rings. The molecule has 3 aromatic carbocycles. The molecule has 0 radical (unpaired) electrons. The molecule has 8 heteroatoms. The van der Waals surface area contributed by atoms with Crippen molar-refractivity contribution < 1.29 is 31.8 Å². The van der Waals surface area contributed by atoms with E-state index in [-0.39, 0.29) is 17.2 Å². The number of alkyl halides is 3. The third-order valence-corrected chi connectivity index (χ3v) is 6.21. The second-order valence-electron chi connectivity index (χ2n) is 8.95. The average Bonchev–Trinajstić information content (AvgIpc) is 3.25. The minimum Gasteiger partial charge on any atom is -0.496 e. The molecule has 0 aliphatic carbocycles. The molecule has 4 nitrogen and oxygen atoms in total. The molecule has 1 aromatic heterocycles. The minimum atomic E-state index is -3.25. The van der Waals surface area contributed by atoms with Crippen LogP contribution in [0.3, 0.4) is 0 Å². The molecule has 4 aromatic rings. The second-order valence-corrected chi connectivity index (χ2v) is 8.95. The zero-order valence-electron chi connectivity index (χ0n) is 19.3. The SMILES string of the molecule is COc1ccc(F)cc1C(C)(CF)CC(O)(Cc1nc2cc(-c3ccccc3)ccc2o1)C(F)F. The largest absolute Gasteiger partial charge is 0.496 e. The Morgan fingerprint density at radius 2 is 1.77 bits per heavy atom. The molecule has 184 valence electrons. The molecule has 0 aliphatic rings. The molecule has 4 rings (SSSR count). The van der Waals surface area contributed by atoms with Crippen molar-refractivity contribution in [2.24, 2.45) is 0 Å². The fourth-order valence-corrected chi connectivity index (χ4v) is 4.38. The number of oxazole rings is 1. The molecule has 0 amide bonds. The van der Waals surface area contributed by atoms with Crippen LogP contribution >= 0.6 is 0 Å². The molecular weight excluding hydrogens is 462 g/mol. The highest BCUT2D eigenvalue weighted by atomic mass is 19.3. The van der Waals surface area contributed by atoms with E-state index in [4.69, 9.17) is 9.15 Å². The monoisotopic (exact) mass is 487 g/mol. The standard InChI is InChI=1S/C27H25F4NO3/c1-26(16-28,20-13-19(29)9-11-22(20)34-2)15-27(33,25(30)31)14-24-32-21-12-18(8-10-23(21)35-24)17-6-4-3-5-7-17/h3-13,25,33H,14-16H2,1-2H3. The molecular formula is C27H25F4NO3. The lowest BCUT2D eigenvalue weighted by molar-refractivity contribution is -0.115. The number of aromatic nitrogens is 1. The topological polar surface area (TPSA) is 55.5 Å². The van der Waals surface area contributed by atoms with Gasteiger partial charge in [-0.2, -0.15) is 0 Å². The van der Waals surface area contributed by atoms with E-state index in [1.165, 1.54) is 20.1 Å². The molecule has 2 unspecified atom stereocenters. The fourth-order valence-electron chi connectivity index (χ4n) is 4.38. The normalized spacial score (nSPS) is 15.2. The number of benzene rings is 3. The van der Waals surface area contributed by atoms with E-state index in [1.54, 1.807) is 12.1 Å². The van der Waals surface area contributed by atoms with Gasteiger partial charge in [-0.25, -0.2) is 18.2 Å². The van der Waals surface area contributed by atoms with Gasteiger partial charge in [-0.05, 0) is 47.9 Å². The van der Waals surface area contributed by atoms with Gasteiger partial charge in [-0.1, -0.05) is 43.3 Å². The van der Waals surface area contributed by atoms with E-state index in [2.05, 4.69) is 4.98 Å². The highest BCUT2D eigenvalue weighted by Crippen LogP contribution is 2.42. The van der Waals surface area contributed by atoms with Crippen LogP contribution in [-0.4, -0.2) is 35.9 Å². The number of ether oxygens (including phenoxy) is 1.